The number of aryl methyl sites for hydroxylation is 3. The monoisotopic (exact) mass is 304 g/mol. The lowest BCUT2D eigenvalue weighted by Gasteiger charge is -2.21. The molecule has 0 unspecified atom stereocenters. The van der Waals surface area contributed by atoms with Crippen LogP contribution in [-0.2, 0) is 9.47 Å². The largest absolute Gasteiger partial charge is 0.508 e. The van der Waals surface area contributed by atoms with Gasteiger partial charge in [-0.15, -0.1) is 0 Å². The van der Waals surface area contributed by atoms with Crippen LogP contribution in [0, 0.1) is 26.7 Å². The van der Waals surface area contributed by atoms with Crippen LogP contribution in [0.5, 0.6) is 0 Å². The third-order valence-corrected chi connectivity index (χ3v) is 3.61. The molecular formula is C18H24O4. The predicted molar refractivity (Wildman–Crippen MR) is 86.2 cm³/mol. The average Bonchev–Trinajstić information content (AvgIpc) is 2.44. The highest BCUT2D eigenvalue weighted by Gasteiger charge is 2.28. The van der Waals surface area contributed by atoms with Crippen molar-refractivity contribution in [3.63, 3.8) is 0 Å². The van der Waals surface area contributed by atoms with E-state index in [0.717, 1.165) is 16.7 Å². The molecule has 4 nitrogen and oxygen atoms in total. The zero-order valence-corrected chi connectivity index (χ0v) is 14.1. The molecule has 1 aromatic rings. The van der Waals surface area contributed by atoms with E-state index >= 15 is 0 Å². The Hall–Kier alpha value is -2.10. The van der Waals surface area contributed by atoms with Crippen LogP contribution in [0.1, 0.15) is 40.9 Å². The molecule has 1 aromatic carbocycles. The number of benzene rings is 1. The molecule has 0 heterocycles. The van der Waals surface area contributed by atoms with Gasteiger partial charge in [0.1, 0.15) is 6.10 Å². The van der Waals surface area contributed by atoms with Crippen molar-refractivity contribution in [1.82, 2.24) is 0 Å². The van der Waals surface area contributed by atoms with Gasteiger partial charge in [-0.1, -0.05) is 30.7 Å². The minimum absolute atomic E-state index is 0.0398. The van der Waals surface area contributed by atoms with Crippen molar-refractivity contribution in [1.29, 1.82) is 0 Å². The molecule has 120 valence electrons. The number of ether oxygens (including phenoxy) is 2. The number of rotatable bonds is 5. The fourth-order valence-corrected chi connectivity index (χ4v) is 2.60. The third-order valence-electron chi connectivity index (χ3n) is 3.61. The summed E-state index contributed by atoms with van der Waals surface area (Å²) in [5.74, 6) is -0.530. The summed E-state index contributed by atoms with van der Waals surface area (Å²) in [4.78, 5) is 24.2. The zero-order valence-electron chi connectivity index (χ0n) is 14.1. The van der Waals surface area contributed by atoms with E-state index in [1.807, 2.05) is 39.8 Å². The van der Waals surface area contributed by atoms with Gasteiger partial charge < -0.3 is 9.47 Å². The van der Waals surface area contributed by atoms with E-state index < -0.39 is 18.2 Å². The number of allylic oxidation sites excluding steroid dienone is 1. The Kier molecular flexibility index (Phi) is 6.35. The lowest BCUT2D eigenvalue weighted by Crippen LogP contribution is -2.30. The summed E-state index contributed by atoms with van der Waals surface area (Å²) in [6, 6.07) is 3.97. The van der Waals surface area contributed by atoms with Gasteiger partial charge in [0, 0.05) is 5.56 Å². The smallest absolute Gasteiger partial charge is 0.438 e. The molecular weight excluding hydrogens is 280 g/mol. The number of hydrogen-bond acceptors (Lipinski definition) is 4. The average molecular weight is 304 g/mol. The van der Waals surface area contributed by atoms with Crippen LogP contribution < -0.4 is 0 Å². The van der Waals surface area contributed by atoms with E-state index in [4.69, 9.17) is 4.74 Å². The first-order valence-electron chi connectivity index (χ1n) is 7.31. The summed E-state index contributed by atoms with van der Waals surface area (Å²) < 4.78 is 9.70. The second kappa shape index (κ2) is 7.78. The Morgan fingerprint density at radius 3 is 2.14 bits per heavy atom. The molecule has 0 aliphatic carbocycles. The summed E-state index contributed by atoms with van der Waals surface area (Å²) in [5.41, 5.74) is 3.69. The van der Waals surface area contributed by atoms with Crippen LogP contribution in [0.4, 0.5) is 4.79 Å². The number of Topliss-reactive ketones (excluding diaryl/α,β-unsaturated/α-hetero) is 1. The SMILES string of the molecule is C/C=C/[C@@H](OC(=O)OC)[C@@H](C)C(=O)c1c(C)cc(C)cc1C. The van der Waals surface area contributed by atoms with Gasteiger partial charge in [-0.05, 0) is 44.9 Å². The Balaban J connectivity index is 3.11. The van der Waals surface area contributed by atoms with Crippen molar-refractivity contribution in [2.24, 2.45) is 5.92 Å². The first-order chi connectivity index (χ1) is 10.3. The van der Waals surface area contributed by atoms with Crippen molar-refractivity contribution in [3.05, 3.63) is 46.5 Å². The van der Waals surface area contributed by atoms with Crippen molar-refractivity contribution < 1.29 is 19.1 Å². The van der Waals surface area contributed by atoms with Crippen molar-refractivity contribution in [2.45, 2.75) is 40.7 Å². The second-order valence-electron chi connectivity index (χ2n) is 5.49. The minimum Gasteiger partial charge on any atom is -0.438 e. The maximum Gasteiger partial charge on any atom is 0.508 e. The molecule has 0 aromatic heterocycles. The summed E-state index contributed by atoms with van der Waals surface area (Å²) in [6.07, 6.45) is 2.01. The molecule has 0 saturated heterocycles. The molecule has 0 bridgehead atoms. The van der Waals surface area contributed by atoms with E-state index in [-0.39, 0.29) is 5.78 Å². The van der Waals surface area contributed by atoms with E-state index in [1.54, 1.807) is 19.1 Å². The van der Waals surface area contributed by atoms with Crippen molar-refractivity contribution >= 4 is 11.9 Å². The molecule has 0 N–H and O–H groups in total. The van der Waals surface area contributed by atoms with Gasteiger partial charge >= 0.3 is 6.16 Å². The summed E-state index contributed by atoms with van der Waals surface area (Å²) >= 11 is 0. The predicted octanol–water partition coefficient (Wildman–Crippen LogP) is 4.16. The van der Waals surface area contributed by atoms with Crippen LogP contribution in [0.25, 0.3) is 0 Å². The van der Waals surface area contributed by atoms with Gasteiger partial charge in [0.2, 0.25) is 0 Å². The lowest BCUT2D eigenvalue weighted by molar-refractivity contribution is 0.0344. The molecule has 0 spiro atoms. The maximum atomic E-state index is 12.8. The van der Waals surface area contributed by atoms with Gasteiger partial charge in [0.25, 0.3) is 0 Å². The molecule has 1 rings (SSSR count). The molecule has 22 heavy (non-hydrogen) atoms. The Morgan fingerprint density at radius 2 is 1.68 bits per heavy atom. The first kappa shape index (κ1) is 18.0. The molecule has 2 atom stereocenters. The maximum absolute atomic E-state index is 12.8. The Bertz CT molecular complexity index is 564. The molecule has 4 heteroatoms. The normalized spacial score (nSPS) is 13.7. The second-order valence-corrected chi connectivity index (χ2v) is 5.49. The highest BCUT2D eigenvalue weighted by molar-refractivity contribution is 6.00. The van der Waals surface area contributed by atoms with Crippen LogP contribution in [0.3, 0.4) is 0 Å². The van der Waals surface area contributed by atoms with E-state index in [9.17, 15) is 9.59 Å². The topological polar surface area (TPSA) is 52.6 Å². The standard InChI is InChI=1S/C18H24O4/c1-7-8-15(22-18(20)21-6)14(5)17(19)16-12(3)9-11(2)10-13(16)4/h7-10,14-15H,1-6H3/b8-7+/t14-,15-/m1/s1. The summed E-state index contributed by atoms with van der Waals surface area (Å²) in [6.45, 7) is 9.42. The van der Waals surface area contributed by atoms with Crippen molar-refractivity contribution in [2.75, 3.05) is 7.11 Å². The summed E-state index contributed by atoms with van der Waals surface area (Å²) in [7, 11) is 1.25. The molecule has 0 amide bonds. The zero-order chi connectivity index (χ0) is 16.9. The quantitative estimate of drug-likeness (QED) is 0.465. The summed E-state index contributed by atoms with van der Waals surface area (Å²) in [5, 5.41) is 0. The Morgan fingerprint density at radius 1 is 1.14 bits per heavy atom. The molecule has 0 fully saturated rings. The van der Waals surface area contributed by atoms with Gasteiger partial charge in [0.05, 0.1) is 13.0 Å². The fourth-order valence-electron chi connectivity index (χ4n) is 2.60. The van der Waals surface area contributed by atoms with Crippen LogP contribution in [0.2, 0.25) is 0 Å². The number of methoxy groups -OCH3 is 1. The molecule has 0 aliphatic heterocycles. The number of carbonyl (C=O) groups excluding carboxylic acids is 2. The highest BCUT2D eigenvalue weighted by Crippen LogP contribution is 2.23. The van der Waals surface area contributed by atoms with E-state index in [2.05, 4.69) is 4.74 Å². The van der Waals surface area contributed by atoms with Crippen molar-refractivity contribution in [3.8, 4) is 0 Å². The molecule has 0 radical (unpaired) electrons. The number of carbonyl (C=O) groups is 2. The van der Waals surface area contributed by atoms with Crippen LogP contribution in [0.15, 0.2) is 24.3 Å². The van der Waals surface area contributed by atoms with Crippen LogP contribution >= 0.6 is 0 Å². The van der Waals surface area contributed by atoms with Gasteiger partial charge in [0.15, 0.2) is 5.78 Å². The first-order valence-corrected chi connectivity index (χ1v) is 7.31. The van der Waals surface area contributed by atoms with Gasteiger partial charge in [-0.25, -0.2) is 4.79 Å². The lowest BCUT2D eigenvalue weighted by atomic mass is 9.88. The van der Waals surface area contributed by atoms with E-state index in [1.165, 1.54) is 7.11 Å². The molecule has 0 saturated carbocycles. The Labute approximate surface area is 132 Å². The minimum atomic E-state index is -0.792. The number of hydrogen-bond donors (Lipinski definition) is 0. The third kappa shape index (κ3) is 4.20. The van der Waals surface area contributed by atoms with Gasteiger partial charge in [-0.2, -0.15) is 0 Å². The fraction of sp³-hybridized carbons (Fsp3) is 0.444. The van der Waals surface area contributed by atoms with Crippen LogP contribution in [-0.4, -0.2) is 25.2 Å². The molecule has 0 aliphatic rings. The highest BCUT2D eigenvalue weighted by atomic mass is 16.7. The van der Waals surface area contributed by atoms with E-state index in [0.29, 0.717) is 5.56 Å². The van der Waals surface area contributed by atoms with Gasteiger partial charge in [-0.3, -0.25) is 4.79 Å². The number of ketones is 1.